The molecule has 0 unspecified atom stereocenters. The zero-order valence-corrected chi connectivity index (χ0v) is 20.0. The van der Waals surface area contributed by atoms with Gasteiger partial charge in [-0.15, -0.1) is 0 Å². The van der Waals surface area contributed by atoms with Crippen molar-refractivity contribution in [2.75, 3.05) is 0 Å². The van der Waals surface area contributed by atoms with Crippen molar-refractivity contribution in [2.45, 2.75) is 103 Å². The second-order valence-electron chi connectivity index (χ2n) is 11.2. The summed E-state index contributed by atoms with van der Waals surface area (Å²) >= 11 is 0. The van der Waals surface area contributed by atoms with E-state index in [9.17, 15) is 20.4 Å². The predicted octanol–water partition coefficient (Wildman–Crippen LogP) is 4.88. The van der Waals surface area contributed by atoms with Crippen LogP contribution in [0, 0.1) is 29.1 Å². The molecule has 0 amide bonds. The first-order valence-corrected chi connectivity index (χ1v) is 12.4. The highest BCUT2D eigenvalue weighted by Gasteiger charge is 2.50. The van der Waals surface area contributed by atoms with Gasteiger partial charge in [0.05, 0.1) is 12.2 Å². The fourth-order valence-electron chi connectivity index (χ4n) is 6.61. The van der Waals surface area contributed by atoms with Crippen molar-refractivity contribution >= 4 is 0 Å². The van der Waals surface area contributed by atoms with E-state index in [1.54, 1.807) is 0 Å². The van der Waals surface area contributed by atoms with Crippen LogP contribution in [0.3, 0.4) is 0 Å². The summed E-state index contributed by atoms with van der Waals surface area (Å²) in [6.07, 6.45) is 11.4. The van der Waals surface area contributed by atoms with Crippen molar-refractivity contribution in [2.24, 2.45) is 29.1 Å². The monoisotopic (exact) mass is 432 g/mol. The topological polar surface area (TPSA) is 80.9 Å². The third kappa shape index (κ3) is 5.19. The van der Waals surface area contributed by atoms with E-state index < -0.39 is 18.0 Å². The van der Waals surface area contributed by atoms with Gasteiger partial charge in [-0.25, -0.2) is 0 Å². The Labute approximate surface area is 188 Å². The molecule has 4 nitrogen and oxygen atoms in total. The molecule has 0 aromatic heterocycles. The molecule has 3 aliphatic carbocycles. The van der Waals surface area contributed by atoms with Gasteiger partial charge in [-0.1, -0.05) is 52.0 Å². The Morgan fingerprint density at radius 3 is 2.55 bits per heavy atom. The van der Waals surface area contributed by atoms with Gasteiger partial charge in [0.15, 0.2) is 5.79 Å². The SMILES string of the molecule is C=C1/C(=C\C=C2/CCC[C@]3(C)[C@@H]([C@H](C)CCC(O)(O)C(C)C)CC[C@@H]23)C[C@@H](O)C[C@@H]1O. The highest BCUT2D eigenvalue weighted by Crippen LogP contribution is 2.60. The highest BCUT2D eigenvalue weighted by atomic mass is 16.5. The maximum absolute atomic E-state index is 10.3. The van der Waals surface area contributed by atoms with Crippen molar-refractivity contribution in [1.82, 2.24) is 0 Å². The summed E-state index contributed by atoms with van der Waals surface area (Å²) < 4.78 is 0. The number of rotatable bonds is 6. The van der Waals surface area contributed by atoms with Gasteiger partial charge in [-0.3, -0.25) is 0 Å². The largest absolute Gasteiger partial charge is 0.393 e. The average Bonchev–Trinajstić information content (AvgIpc) is 3.05. The van der Waals surface area contributed by atoms with Gasteiger partial charge in [0.2, 0.25) is 0 Å². The summed E-state index contributed by atoms with van der Waals surface area (Å²) in [5, 5.41) is 40.7. The van der Waals surface area contributed by atoms with Crippen LogP contribution in [0.15, 0.2) is 35.5 Å². The zero-order valence-electron chi connectivity index (χ0n) is 20.0. The zero-order chi connectivity index (χ0) is 23.0. The van der Waals surface area contributed by atoms with Gasteiger partial charge in [-0.05, 0) is 79.3 Å². The van der Waals surface area contributed by atoms with Crippen LogP contribution < -0.4 is 0 Å². The van der Waals surface area contributed by atoms with Crippen LogP contribution in [-0.4, -0.2) is 38.4 Å². The molecule has 0 spiro atoms. The van der Waals surface area contributed by atoms with E-state index in [1.165, 1.54) is 31.3 Å². The number of allylic oxidation sites excluding steroid dienone is 3. The third-order valence-corrected chi connectivity index (χ3v) is 8.88. The molecule has 0 radical (unpaired) electrons. The maximum atomic E-state index is 10.3. The summed E-state index contributed by atoms with van der Waals surface area (Å²) in [4.78, 5) is 0. The van der Waals surface area contributed by atoms with Crippen LogP contribution in [0.4, 0.5) is 0 Å². The Kier molecular flexibility index (Phi) is 7.57. The lowest BCUT2D eigenvalue weighted by Crippen LogP contribution is -2.38. The first-order valence-electron chi connectivity index (χ1n) is 12.4. The van der Waals surface area contributed by atoms with Crippen LogP contribution in [-0.2, 0) is 0 Å². The summed E-state index contributed by atoms with van der Waals surface area (Å²) in [5.74, 6) is -0.0985. The van der Waals surface area contributed by atoms with E-state index in [0.29, 0.717) is 37.0 Å². The van der Waals surface area contributed by atoms with Gasteiger partial charge in [-0.2, -0.15) is 0 Å². The summed E-state index contributed by atoms with van der Waals surface area (Å²) in [7, 11) is 0. The lowest BCUT2D eigenvalue weighted by molar-refractivity contribution is -0.199. The lowest BCUT2D eigenvalue weighted by atomic mass is 9.60. The molecule has 0 saturated heterocycles. The van der Waals surface area contributed by atoms with Crippen LogP contribution >= 0.6 is 0 Å². The molecule has 0 aromatic carbocycles. The number of hydrogen-bond donors (Lipinski definition) is 4. The van der Waals surface area contributed by atoms with Crippen LogP contribution in [0.1, 0.15) is 85.5 Å². The normalized spacial score (nSPS) is 38.2. The molecule has 3 saturated carbocycles. The molecule has 3 fully saturated rings. The minimum atomic E-state index is -1.57. The molecular formula is C27H44O4. The van der Waals surface area contributed by atoms with E-state index in [-0.39, 0.29) is 11.3 Å². The summed E-state index contributed by atoms with van der Waals surface area (Å²) in [5.41, 5.74) is 3.49. The van der Waals surface area contributed by atoms with Crippen LogP contribution in [0.25, 0.3) is 0 Å². The molecular weight excluding hydrogens is 388 g/mol. The minimum absolute atomic E-state index is 0.157. The molecule has 4 heteroatoms. The average molecular weight is 433 g/mol. The Balaban J connectivity index is 1.73. The molecule has 176 valence electrons. The Morgan fingerprint density at radius 2 is 1.87 bits per heavy atom. The highest BCUT2D eigenvalue weighted by molar-refractivity contribution is 5.38. The van der Waals surface area contributed by atoms with Crippen LogP contribution in [0.2, 0.25) is 0 Å². The van der Waals surface area contributed by atoms with Gasteiger partial charge in [0.25, 0.3) is 0 Å². The van der Waals surface area contributed by atoms with Crippen molar-refractivity contribution in [1.29, 1.82) is 0 Å². The van der Waals surface area contributed by atoms with E-state index in [2.05, 4.69) is 32.6 Å². The van der Waals surface area contributed by atoms with E-state index in [0.717, 1.165) is 24.0 Å². The van der Waals surface area contributed by atoms with E-state index >= 15 is 0 Å². The van der Waals surface area contributed by atoms with Gasteiger partial charge in [0, 0.05) is 18.8 Å². The number of hydrogen-bond acceptors (Lipinski definition) is 4. The van der Waals surface area contributed by atoms with Crippen molar-refractivity contribution < 1.29 is 20.4 Å². The fourth-order valence-corrected chi connectivity index (χ4v) is 6.61. The Morgan fingerprint density at radius 1 is 1.16 bits per heavy atom. The second kappa shape index (κ2) is 9.51. The lowest BCUT2D eigenvalue weighted by Gasteiger charge is -2.44. The first kappa shape index (κ1) is 24.7. The predicted molar refractivity (Wildman–Crippen MR) is 125 cm³/mol. The molecule has 3 aliphatic rings. The van der Waals surface area contributed by atoms with E-state index in [4.69, 9.17) is 0 Å². The smallest absolute Gasteiger partial charge is 0.164 e. The molecule has 0 aromatic rings. The Bertz CT molecular complexity index is 719. The molecule has 0 bridgehead atoms. The van der Waals surface area contributed by atoms with Crippen molar-refractivity contribution in [3.63, 3.8) is 0 Å². The van der Waals surface area contributed by atoms with E-state index in [1.807, 2.05) is 13.8 Å². The van der Waals surface area contributed by atoms with Crippen LogP contribution in [0.5, 0.6) is 0 Å². The van der Waals surface area contributed by atoms with Crippen molar-refractivity contribution in [3.05, 3.63) is 35.5 Å². The third-order valence-electron chi connectivity index (χ3n) is 8.88. The quantitative estimate of drug-likeness (QED) is 0.451. The standard InChI is InChI=1S/C27H44O4/c1-17(2)27(30,31)14-12-18(3)23-10-11-24-20(7-6-13-26(23,24)5)8-9-21-15-22(28)16-25(29)19(21)4/h8-9,17-18,22-25,28-31H,4,6-7,10-16H2,1-3,5H3/b20-8+,21-9-/t18-,22-,23-,24+,25+,26-/m1/s1. The first-order chi connectivity index (χ1) is 14.5. The van der Waals surface area contributed by atoms with Gasteiger partial charge < -0.3 is 20.4 Å². The fraction of sp³-hybridized carbons (Fsp3) is 0.778. The maximum Gasteiger partial charge on any atom is 0.164 e. The Hall–Kier alpha value is -0.940. The summed E-state index contributed by atoms with van der Waals surface area (Å²) in [6, 6.07) is 0. The minimum Gasteiger partial charge on any atom is -0.393 e. The molecule has 6 atom stereocenters. The molecule has 4 N–H and O–H groups in total. The van der Waals surface area contributed by atoms with Crippen molar-refractivity contribution in [3.8, 4) is 0 Å². The summed E-state index contributed by atoms with van der Waals surface area (Å²) in [6.45, 7) is 12.5. The van der Waals surface area contributed by atoms with Gasteiger partial charge >= 0.3 is 0 Å². The van der Waals surface area contributed by atoms with Gasteiger partial charge in [0.1, 0.15) is 0 Å². The molecule has 0 aliphatic heterocycles. The number of fused-ring (bicyclic) bond motifs is 1. The number of aliphatic hydroxyl groups is 4. The molecule has 31 heavy (non-hydrogen) atoms. The molecule has 3 rings (SSSR count). The number of aliphatic hydroxyl groups excluding tert-OH is 2. The second-order valence-corrected chi connectivity index (χ2v) is 11.2. The molecule has 0 heterocycles.